The van der Waals surface area contributed by atoms with Crippen LogP contribution in [0.4, 0.5) is 19.1 Å². The van der Waals surface area contributed by atoms with E-state index >= 15 is 0 Å². The zero-order valence-electron chi connectivity index (χ0n) is 12.1. The molecule has 2 fully saturated rings. The Balaban J connectivity index is 1.85. The second-order valence-electron chi connectivity index (χ2n) is 6.22. The Hall–Kier alpha value is -1.70. The molecule has 0 radical (unpaired) electrons. The molecule has 1 aromatic carbocycles. The lowest BCUT2D eigenvalue weighted by Crippen LogP contribution is -2.09. The highest BCUT2D eigenvalue weighted by molar-refractivity contribution is 7.80. The minimum Gasteiger partial charge on any atom is -0.368 e. The van der Waals surface area contributed by atoms with E-state index in [1.807, 2.05) is 0 Å². The number of thiol groups is 1. The molecule has 8 heteroatoms. The van der Waals surface area contributed by atoms with Gasteiger partial charge in [0.25, 0.3) is 5.82 Å². The van der Waals surface area contributed by atoms with E-state index in [-0.39, 0.29) is 5.95 Å². The van der Waals surface area contributed by atoms with Crippen LogP contribution in [0.25, 0.3) is 5.69 Å². The van der Waals surface area contributed by atoms with E-state index in [4.69, 9.17) is 5.73 Å². The molecular formula is C15H15F3N4S. The van der Waals surface area contributed by atoms with Gasteiger partial charge in [0.05, 0.1) is 5.69 Å². The van der Waals surface area contributed by atoms with Gasteiger partial charge >= 0.3 is 6.18 Å². The van der Waals surface area contributed by atoms with Gasteiger partial charge in [0.1, 0.15) is 0 Å². The lowest BCUT2D eigenvalue weighted by molar-refractivity contribution is -0.144. The Morgan fingerprint density at radius 3 is 2.22 bits per heavy atom. The van der Waals surface area contributed by atoms with E-state index in [2.05, 4.69) is 28.8 Å². The molecule has 4 rings (SSSR count). The van der Waals surface area contributed by atoms with E-state index in [1.54, 1.807) is 6.07 Å². The Morgan fingerprint density at radius 2 is 1.70 bits per heavy atom. The summed E-state index contributed by atoms with van der Waals surface area (Å²) in [5, 5.41) is 3.57. The largest absolute Gasteiger partial charge is 0.453 e. The summed E-state index contributed by atoms with van der Waals surface area (Å²) in [6.45, 7) is 0. The molecule has 2 N–H and O–H groups in total. The van der Waals surface area contributed by atoms with Gasteiger partial charge in [-0.3, -0.25) is 0 Å². The number of nitrogen functional groups attached to an aromatic ring is 1. The van der Waals surface area contributed by atoms with Gasteiger partial charge < -0.3 is 5.73 Å². The Morgan fingerprint density at radius 1 is 1.09 bits per heavy atom. The highest BCUT2D eigenvalue weighted by Crippen LogP contribution is 2.49. The van der Waals surface area contributed by atoms with Crippen molar-refractivity contribution in [2.24, 2.45) is 0 Å². The van der Waals surface area contributed by atoms with Crippen LogP contribution in [-0.4, -0.2) is 14.8 Å². The van der Waals surface area contributed by atoms with Crippen LogP contribution in [0.3, 0.4) is 0 Å². The second kappa shape index (κ2) is 4.90. The van der Waals surface area contributed by atoms with Crippen LogP contribution in [0.1, 0.15) is 54.5 Å². The maximum Gasteiger partial charge on any atom is 0.453 e. The van der Waals surface area contributed by atoms with Crippen molar-refractivity contribution in [3.05, 3.63) is 29.1 Å². The third-order valence-corrected chi connectivity index (χ3v) is 4.71. The minimum absolute atomic E-state index is 0.258. The van der Waals surface area contributed by atoms with E-state index in [1.165, 1.54) is 5.56 Å². The van der Waals surface area contributed by atoms with Gasteiger partial charge in [0.2, 0.25) is 5.95 Å². The highest BCUT2D eigenvalue weighted by atomic mass is 32.1. The van der Waals surface area contributed by atoms with Crippen LogP contribution < -0.4 is 5.73 Å². The van der Waals surface area contributed by atoms with E-state index in [0.29, 0.717) is 17.5 Å². The van der Waals surface area contributed by atoms with Gasteiger partial charge in [-0.2, -0.15) is 22.8 Å². The first-order valence-electron chi connectivity index (χ1n) is 7.51. The summed E-state index contributed by atoms with van der Waals surface area (Å²) in [7, 11) is 0. The standard InChI is InChI=1S/C15H15F3N4S/c16-15(17,18)13-20-14(19)22(21-13)11-6-12(23)10(8-3-4-8)5-9(11)7-1-2-7/h5-8,23H,1-4H2,(H2,19,20,21). The number of anilines is 1. The third kappa shape index (κ3) is 2.69. The molecule has 23 heavy (non-hydrogen) atoms. The molecule has 0 aliphatic heterocycles. The zero-order valence-corrected chi connectivity index (χ0v) is 13.0. The maximum absolute atomic E-state index is 12.8. The molecule has 2 aliphatic carbocycles. The Labute approximate surface area is 136 Å². The van der Waals surface area contributed by atoms with Crippen molar-refractivity contribution in [1.82, 2.24) is 14.8 Å². The molecule has 4 nitrogen and oxygen atoms in total. The molecule has 2 aromatic rings. The molecule has 0 saturated heterocycles. The summed E-state index contributed by atoms with van der Waals surface area (Å²) >= 11 is 4.51. The van der Waals surface area contributed by atoms with Crippen molar-refractivity contribution in [1.29, 1.82) is 0 Å². The first-order valence-corrected chi connectivity index (χ1v) is 7.96. The lowest BCUT2D eigenvalue weighted by Gasteiger charge is -2.14. The predicted molar refractivity (Wildman–Crippen MR) is 82.0 cm³/mol. The number of nitrogens with two attached hydrogens (primary N) is 1. The molecule has 122 valence electrons. The van der Waals surface area contributed by atoms with Crippen LogP contribution in [0.15, 0.2) is 17.0 Å². The Kier molecular flexibility index (Phi) is 3.16. The fourth-order valence-corrected chi connectivity index (χ4v) is 3.23. The number of alkyl halides is 3. The third-order valence-electron chi connectivity index (χ3n) is 4.32. The van der Waals surface area contributed by atoms with Gasteiger partial charge in [0, 0.05) is 4.90 Å². The molecule has 0 unspecified atom stereocenters. The van der Waals surface area contributed by atoms with Gasteiger partial charge in [0.15, 0.2) is 0 Å². The number of halogens is 3. The maximum atomic E-state index is 12.8. The Bertz CT molecular complexity index is 776. The average Bonchev–Trinajstić information content (AvgIpc) is 3.35. The van der Waals surface area contributed by atoms with Crippen LogP contribution in [0, 0.1) is 0 Å². The summed E-state index contributed by atoms with van der Waals surface area (Å²) in [5.41, 5.74) is 8.41. The number of nitrogens with zero attached hydrogens (tertiary/aromatic N) is 3. The highest BCUT2D eigenvalue weighted by Gasteiger charge is 2.38. The smallest absolute Gasteiger partial charge is 0.368 e. The molecule has 0 bridgehead atoms. The van der Waals surface area contributed by atoms with Crippen molar-refractivity contribution < 1.29 is 13.2 Å². The molecule has 0 amide bonds. The van der Waals surface area contributed by atoms with Crippen molar-refractivity contribution >= 4 is 18.6 Å². The fourth-order valence-electron chi connectivity index (χ4n) is 2.86. The van der Waals surface area contributed by atoms with Crippen molar-refractivity contribution in [3.8, 4) is 5.69 Å². The molecule has 1 aromatic heterocycles. The summed E-state index contributed by atoms with van der Waals surface area (Å²) in [4.78, 5) is 4.13. The van der Waals surface area contributed by atoms with Crippen molar-refractivity contribution in [2.45, 2.75) is 48.6 Å². The van der Waals surface area contributed by atoms with Crippen molar-refractivity contribution in [3.63, 3.8) is 0 Å². The molecule has 2 aliphatic rings. The van der Waals surface area contributed by atoms with Crippen LogP contribution in [0.5, 0.6) is 0 Å². The molecule has 0 atom stereocenters. The molecule has 2 saturated carbocycles. The quantitative estimate of drug-likeness (QED) is 0.833. The molecule has 0 spiro atoms. The van der Waals surface area contributed by atoms with Gasteiger partial charge in [-0.15, -0.1) is 17.7 Å². The normalized spacial score (nSPS) is 18.4. The van der Waals surface area contributed by atoms with Crippen LogP contribution >= 0.6 is 12.6 Å². The van der Waals surface area contributed by atoms with Gasteiger partial charge in [-0.05, 0) is 54.7 Å². The number of hydrogen-bond donors (Lipinski definition) is 2. The first kappa shape index (κ1) is 14.9. The summed E-state index contributed by atoms with van der Waals surface area (Å²) in [5.74, 6) is -0.600. The lowest BCUT2D eigenvalue weighted by atomic mass is 10.0. The van der Waals surface area contributed by atoms with Crippen LogP contribution in [-0.2, 0) is 6.18 Å². The first-order chi connectivity index (χ1) is 10.8. The van der Waals surface area contributed by atoms with Gasteiger partial charge in [-0.1, -0.05) is 6.07 Å². The predicted octanol–water partition coefficient (Wildman–Crippen LogP) is 3.91. The second-order valence-corrected chi connectivity index (χ2v) is 6.70. The zero-order chi connectivity index (χ0) is 16.4. The number of rotatable bonds is 3. The number of benzene rings is 1. The minimum atomic E-state index is -4.61. The monoisotopic (exact) mass is 340 g/mol. The number of hydrogen-bond acceptors (Lipinski definition) is 4. The summed E-state index contributed by atoms with van der Waals surface area (Å²) in [6.07, 6.45) is -0.272. The van der Waals surface area contributed by atoms with E-state index in [0.717, 1.165) is 40.8 Å². The molecular weight excluding hydrogens is 325 g/mol. The van der Waals surface area contributed by atoms with Crippen LogP contribution in [0.2, 0.25) is 0 Å². The fraction of sp³-hybridized carbons (Fsp3) is 0.467. The number of aromatic nitrogens is 3. The summed E-state index contributed by atoms with van der Waals surface area (Å²) < 4.78 is 39.5. The van der Waals surface area contributed by atoms with E-state index < -0.39 is 12.0 Å². The van der Waals surface area contributed by atoms with E-state index in [9.17, 15) is 13.2 Å². The van der Waals surface area contributed by atoms with Crippen molar-refractivity contribution in [2.75, 3.05) is 5.73 Å². The topological polar surface area (TPSA) is 56.7 Å². The average molecular weight is 340 g/mol. The molecule has 1 heterocycles. The summed E-state index contributed by atoms with van der Waals surface area (Å²) in [6, 6.07) is 3.84. The van der Waals surface area contributed by atoms with Gasteiger partial charge in [-0.25, -0.2) is 0 Å². The SMILES string of the molecule is Nc1nc(C(F)(F)F)nn1-c1cc(S)c(C2CC2)cc1C1CC1.